The maximum Gasteiger partial charge on any atom is 0.226 e. The molecule has 0 bridgehead atoms. The molecule has 1 fully saturated rings. The highest BCUT2D eigenvalue weighted by molar-refractivity contribution is 14.0. The summed E-state index contributed by atoms with van der Waals surface area (Å²) < 4.78 is 16.7. The lowest BCUT2D eigenvalue weighted by Crippen LogP contribution is -2.47. The predicted molar refractivity (Wildman–Crippen MR) is 145 cm³/mol. The van der Waals surface area contributed by atoms with Gasteiger partial charge in [-0.3, -0.25) is 4.99 Å². The largest absolute Gasteiger partial charge is 0.497 e. The van der Waals surface area contributed by atoms with Crippen LogP contribution < -0.4 is 15.4 Å². The molecule has 0 atom stereocenters. The summed E-state index contributed by atoms with van der Waals surface area (Å²) in [7, 11) is 3.47. The average molecular weight is 576 g/mol. The number of guanidine groups is 1. The van der Waals surface area contributed by atoms with Gasteiger partial charge in [0.2, 0.25) is 5.89 Å². The minimum atomic E-state index is -0.0192. The van der Waals surface area contributed by atoms with E-state index in [4.69, 9.17) is 13.9 Å². The summed E-state index contributed by atoms with van der Waals surface area (Å²) >= 11 is 0. The molecule has 0 aliphatic carbocycles. The van der Waals surface area contributed by atoms with Gasteiger partial charge in [-0.1, -0.05) is 29.8 Å². The smallest absolute Gasteiger partial charge is 0.226 e. The molecule has 3 aromatic rings. The van der Waals surface area contributed by atoms with Gasteiger partial charge in [0.05, 0.1) is 19.3 Å². The maximum atomic E-state index is 5.67. The molecular weight excluding hydrogens is 543 g/mol. The molecule has 0 unspecified atom stereocenters. The number of ether oxygens (including phenoxy) is 2. The summed E-state index contributed by atoms with van der Waals surface area (Å²) in [5, 5.41) is 6.87. The molecule has 0 amide bonds. The molecule has 1 saturated heterocycles. The SMILES string of the molecule is CN=C(NCc1coc(-c2ccc(C)cc2)n1)NCC1(c2ccc(OC)cc2)CCOCC1.I. The number of benzene rings is 2. The lowest BCUT2D eigenvalue weighted by Gasteiger charge is -2.38. The quantitative estimate of drug-likeness (QED) is 0.242. The van der Waals surface area contributed by atoms with Gasteiger partial charge in [-0.25, -0.2) is 4.98 Å². The molecule has 0 saturated carbocycles. The first kappa shape index (κ1) is 26.0. The Bertz CT molecular complexity index is 1060. The Hall–Kier alpha value is -2.59. The third kappa shape index (κ3) is 6.29. The Morgan fingerprint density at radius 1 is 1.06 bits per heavy atom. The number of nitrogens with one attached hydrogen (secondary N) is 2. The molecule has 1 aromatic heterocycles. The molecule has 2 aromatic carbocycles. The summed E-state index contributed by atoms with van der Waals surface area (Å²) in [4.78, 5) is 9.00. The Morgan fingerprint density at radius 3 is 2.41 bits per heavy atom. The summed E-state index contributed by atoms with van der Waals surface area (Å²) in [5.74, 6) is 2.22. The molecule has 1 aliphatic heterocycles. The van der Waals surface area contributed by atoms with Gasteiger partial charge in [-0.05, 0) is 49.6 Å². The lowest BCUT2D eigenvalue weighted by molar-refractivity contribution is 0.0513. The van der Waals surface area contributed by atoms with Crippen molar-refractivity contribution in [2.24, 2.45) is 4.99 Å². The monoisotopic (exact) mass is 576 g/mol. The highest BCUT2D eigenvalue weighted by Gasteiger charge is 2.34. The van der Waals surface area contributed by atoms with Crippen LogP contribution in [-0.2, 0) is 16.7 Å². The van der Waals surface area contributed by atoms with Crippen LogP contribution in [0.25, 0.3) is 11.5 Å². The molecule has 1 aliphatic rings. The Labute approximate surface area is 218 Å². The van der Waals surface area contributed by atoms with Gasteiger partial charge in [0.1, 0.15) is 12.0 Å². The number of rotatable bonds is 7. The average Bonchev–Trinajstić information content (AvgIpc) is 3.34. The molecule has 7 nitrogen and oxygen atoms in total. The Kier molecular flexibility index (Phi) is 9.35. The van der Waals surface area contributed by atoms with E-state index in [1.807, 2.05) is 24.3 Å². The molecule has 34 heavy (non-hydrogen) atoms. The van der Waals surface area contributed by atoms with Gasteiger partial charge in [0.25, 0.3) is 0 Å². The minimum absolute atomic E-state index is 0. The van der Waals surface area contributed by atoms with E-state index < -0.39 is 0 Å². The molecule has 182 valence electrons. The van der Waals surface area contributed by atoms with Crippen LogP contribution in [0.4, 0.5) is 0 Å². The Morgan fingerprint density at radius 2 is 1.76 bits per heavy atom. The normalized spacial score (nSPS) is 15.3. The van der Waals surface area contributed by atoms with E-state index in [9.17, 15) is 0 Å². The topological polar surface area (TPSA) is 80.9 Å². The van der Waals surface area contributed by atoms with Gasteiger partial charge in [-0.2, -0.15) is 0 Å². The van der Waals surface area contributed by atoms with Crippen LogP contribution in [0.1, 0.15) is 29.7 Å². The van der Waals surface area contributed by atoms with Crippen LogP contribution in [0.3, 0.4) is 0 Å². The van der Waals surface area contributed by atoms with Crippen molar-refractivity contribution in [3.05, 3.63) is 71.6 Å². The second-order valence-corrected chi connectivity index (χ2v) is 8.41. The van der Waals surface area contributed by atoms with E-state index in [1.165, 1.54) is 11.1 Å². The van der Waals surface area contributed by atoms with Crippen molar-refractivity contribution in [2.45, 2.75) is 31.7 Å². The predicted octanol–water partition coefficient (Wildman–Crippen LogP) is 4.69. The van der Waals surface area contributed by atoms with Crippen molar-refractivity contribution in [3.63, 3.8) is 0 Å². The van der Waals surface area contributed by atoms with E-state index in [1.54, 1.807) is 20.4 Å². The van der Waals surface area contributed by atoms with E-state index in [0.717, 1.165) is 55.6 Å². The number of nitrogens with zero attached hydrogens (tertiary/aromatic N) is 2. The molecule has 0 spiro atoms. The second-order valence-electron chi connectivity index (χ2n) is 8.41. The van der Waals surface area contributed by atoms with Crippen LogP contribution in [0.5, 0.6) is 5.75 Å². The lowest BCUT2D eigenvalue weighted by atomic mass is 9.74. The first-order valence-electron chi connectivity index (χ1n) is 11.3. The van der Waals surface area contributed by atoms with E-state index in [0.29, 0.717) is 12.4 Å². The summed E-state index contributed by atoms with van der Waals surface area (Å²) in [6.45, 7) is 4.84. The van der Waals surface area contributed by atoms with Gasteiger partial charge < -0.3 is 24.5 Å². The van der Waals surface area contributed by atoms with Gasteiger partial charge in [-0.15, -0.1) is 24.0 Å². The van der Waals surface area contributed by atoms with E-state index >= 15 is 0 Å². The van der Waals surface area contributed by atoms with Gasteiger partial charge >= 0.3 is 0 Å². The van der Waals surface area contributed by atoms with Crippen LogP contribution in [0.2, 0.25) is 0 Å². The number of oxazole rings is 1. The third-order valence-corrected chi connectivity index (χ3v) is 6.26. The molecule has 2 heterocycles. The van der Waals surface area contributed by atoms with Crippen molar-refractivity contribution in [3.8, 4) is 17.2 Å². The number of aromatic nitrogens is 1. The van der Waals surface area contributed by atoms with Crippen molar-refractivity contribution in [1.82, 2.24) is 15.6 Å². The number of aryl methyl sites for hydroxylation is 1. The first-order chi connectivity index (χ1) is 16.1. The molecular formula is C26H33IN4O3. The summed E-state index contributed by atoms with van der Waals surface area (Å²) in [6.07, 6.45) is 3.59. The van der Waals surface area contributed by atoms with Crippen molar-refractivity contribution < 1.29 is 13.9 Å². The first-order valence-corrected chi connectivity index (χ1v) is 11.3. The number of methoxy groups -OCH3 is 1. The van der Waals surface area contributed by atoms with Crippen molar-refractivity contribution in [2.75, 3.05) is 33.9 Å². The van der Waals surface area contributed by atoms with Crippen LogP contribution in [0, 0.1) is 6.92 Å². The highest BCUT2D eigenvalue weighted by Crippen LogP contribution is 2.35. The molecule has 4 rings (SSSR count). The van der Waals surface area contributed by atoms with E-state index in [2.05, 4.69) is 51.8 Å². The zero-order chi connectivity index (χ0) is 23.1. The summed E-state index contributed by atoms with van der Waals surface area (Å²) in [6, 6.07) is 16.5. The molecule has 0 radical (unpaired) electrons. The number of halogens is 1. The fraction of sp³-hybridized carbons (Fsp3) is 0.385. The summed E-state index contributed by atoms with van der Waals surface area (Å²) in [5.41, 5.74) is 4.27. The molecule has 8 heteroatoms. The standard InChI is InChI=1S/C26H32N4O3.HI/c1-19-4-6-20(7-5-19)24-30-22(17-33-24)16-28-25(27-2)29-18-26(12-14-32-15-13-26)21-8-10-23(31-3)11-9-21;/h4-11,17H,12-16,18H2,1-3H3,(H2,27,28,29);1H. The Balaban J connectivity index is 0.00000324. The third-order valence-electron chi connectivity index (χ3n) is 6.26. The number of aliphatic imine (C=N–C) groups is 1. The fourth-order valence-electron chi connectivity index (χ4n) is 4.14. The number of hydrogen-bond donors (Lipinski definition) is 2. The minimum Gasteiger partial charge on any atom is -0.497 e. The zero-order valence-corrected chi connectivity index (χ0v) is 22.3. The van der Waals surface area contributed by atoms with Gasteiger partial charge in [0.15, 0.2) is 5.96 Å². The highest BCUT2D eigenvalue weighted by atomic mass is 127. The van der Waals surface area contributed by atoms with Crippen molar-refractivity contribution in [1.29, 1.82) is 0 Å². The zero-order valence-electron chi connectivity index (χ0n) is 20.0. The van der Waals surface area contributed by atoms with Crippen molar-refractivity contribution >= 4 is 29.9 Å². The van der Waals surface area contributed by atoms with Crippen LogP contribution in [-0.4, -0.2) is 44.9 Å². The molecule has 2 N–H and O–H groups in total. The van der Waals surface area contributed by atoms with Gasteiger partial charge in [0, 0.05) is 37.8 Å². The van der Waals surface area contributed by atoms with Crippen LogP contribution in [0.15, 0.2) is 64.2 Å². The fourth-order valence-corrected chi connectivity index (χ4v) is 4.14. The number of hydrogen-bond acceptors (Lipinski definition) is 5. The van der Waals surface area contributed by atoms with E-state index in [-0.39, 0.29) is 29.4 Å². The second kappa shape index (κ2) is 12.2. The van der Waals surface area contributed by atoms with Crippen LogP contribution >= 0.6 is 24.0 Å². The maximum absolute atomic E-state index is 5.67.